The zero-order valence-electron chi connectivity index (χ0n) is 19.1. The Hall–Kier alpha value is -1.71. The lowest BCUT2D eigenvalue weighted by atomic mass is 10.0. The molecule has 0 saturated carbocycles. The number of morpholine rings is 1. The summed E-state index contributed by atoms with van der Waals surface area (Å²) in [5, 5.41) is 15.6. The van der Waals surface area contributed by atoms with Crippen molar-refractivity contribution in [2.75, 3.05) is 59.0 Å². The number of aryl methyl sites for hydroxylation is 1. The van der Waals surface area contributed by atoms with E-state index in [2.05, 4.69) is 37.6 Å². The fourth-order valence-corrected chi connectivity index (χ4v) is 3.92. The van der Waals surface area contributed by atoms with Gasteiger partial charge in [0.15, 0.2) is 11.8 Å². The van der Waals surface area contributed by atoms with E-state index >= 15 is 0 Å². The largest absolute Gasteiger partial charge is 0.379 e. The second-order valence-corrected chi connectivity index (χ2v) is 8.38. The molecule has 0 aliphatic carbocycles. The first-order valence-electron chi connectivity index (χ1n) is 11.6. The number of aromatic nitrogens is 3. The Balaban J connectivity index is 1.51. The van der Waals surface area contributed by atoms with Crippen LogP contribution in [0.25, 0.3) is 0 Å². The minimum absolute atomic E-state index is 0.471. The number of guanidine groups is 1. The highest BCUT2D eigenvalue weighted by atomic mass is 16.5. The molecular weight excluding hydrogens is 380 g/mol. The molecule has 3 heterocycles. The number of hydrogen-bond donors (Lipinski definition) is 2. The van der Waals surface area contributed by atoms with E-state index in [1.807, 2.05) is 18.5 Å². The van der Waals surface area contributed by atoms with Gasteiger partial charge in [0.2, 0.25) is 0 Å². The summed E-state index contributed by atoms with van der Waals surface area (Å²) < 4.78 is 7.45. The summed E-state index contributed by atoms with van der Waals surface area (Å²) in [5.41, 5.74) is 0. The lowest BCUT2D eigenvalue weighted by Crippen LogP contribution is -2.50. The van der Waals surface area contributed by atoms with Crippen LogP contribution in [0.5, 0.6) is 0 Å². The second-order valence-electron chi connectivity index (χ2n) is 8.38. The number of aliphatic imine (C=N–C) groups is 1. The van der Waals surface area contributed by atoms with Gasteiger partial charge >= 0.3 is 0 Å². The van der Waals surface area contributed by atoms with E-state index in [0.717, 1.165) is 69.8 Å². The van der Waals surface area contributed by atoms with Gasteiger partial charge in [0.25, 0.3) is 0 Å². The predicted molar refractivity (Wildman–Crippen MR) is 120 cm³/mol. The van der Waals surface area contributed by atoms with Crippen molar-refractivity contribution >= 4 is 5.96 Å². The van der Waals surface area contributed by atoms with E-state index in [0.29, 0.717) is 12.6 Å². The van der Waals surface area contributed by atoms with E-state index in [-0.39, 0.29) is 0 Å². The minimum atomic E-state index is 0.471. The molecule has 3 rings (SSSR count). The summed E-state index contributed by atoms with van der Waals surface area (Å²) in [6.07, 6.45) is 4.89. The number of piperidine rings is 1. The summed E-state index contributed by atoms with van der Waals surface area (Å²) in [7, 11) is 1.99. The number of nitrogens with one attached hydrogen (secondary N) is 2. The Bertz CT molecular complexity index is 647. The second kappa shape index (κ2) is 12.2. The van der Waals surface area contributed by atoms with E-state index in [9.17, 15) is 0 Å². The fraction of sp³-hybridized carbons (Fsp3) is 0.857. The maximum Gasteiger partial charge on any atom is 0.191 e. The Kier molecular flexibility index (Phi) is 9.35. The van der Waals surface area contributed by atoms with Crippen molar-refractivity contribution in [3.63, 3.8) is 0 Å². The number of nitrogens with zero attached hydrogens (tertiary/aromatic N) is 6. The van der Waals surface area contributed by atoms with Crippen LogP contribution in [0.1, 0.15) is 44.3 Å². The lowest BCUT2D eigenvalue weighted by Gasteiger charge is -2.33. The van der Waals surface area contributed by atoms with Gasteiger partial charge in [0.05, 0.1) is 13.2 Å². The highest BCUT2D eigenvalue weighted by Gasteiger charge is 2.20. The van der Waals surface area contributed by atoms with Crippen molar-refractivity contribution in [1.82, 2.24) is 35.2 Å². The molecule has 2 N–H and O–H groups in total. The molecule has 0 bridgehead atoms. The van der Waals surface area contributed by atoms with Crippen LogP contribution in [0.4, 0.5) is 0 Å². The van der Waals surface area contributed by atoms with Crippen LogP contribution in [0.15, 0.2) is 4.99 Å². The molecule has 2 aliphatic rings. The van der Waals surface area contributed by atoms with Gasteiger partial charge < -0.3 is 24.8 Å². The van der Waals surface area contributed by atoms with Gasteiger partial charge in [-0.3, -0.25) is 4.90 Å². The molecule has 2 fully saturated rings. The predicted octanol–water partition coefficient (Wildman–Crippen LogP) is 0.755. The Morgan fingerprint density at radius 2 is 1.83 bits per heavy atom. The van der Waals surface area contributed by atoms with Crippen LogP contribution in [0.3, 0.4) is 0 Å². The molecule has 0 atom stereocenters. The molecule has 0 radical (unpaired) electrons. The van der Waals surface area contributed by atoms with Crippen LogP contribution < -0.4 is 10.6 Å². The van der Waals surface area contributed by atoms with Gasteiger partial charge in [-0.25, -0.2) is 4.99 Å². The van der Waals surface area contributed by atoms with Crippen molar-refractivity contribution in [3.05, 3.63) is 11.6 Å². The summed E-state index contributed by atoms with van der Waals surface area (Å²) in [4.78, 5) is 9.85. The molecule has 9 heteroatoms. The van der Waals surface area contributed by atoms with Crippen molar-refractivity contribution < 1.29 is 4.74 Å². The molecule has 170 valence electrons. The van der Waals surface area contributed by atoms with E-state index in [4.69, 9.17) is 9.73 Å². The van der Waals surface area contributed by atoms with Crippen molar-refractivity contribution in [3.8, 4) is 0 Å². The van der Waals surface area contributed by atoms with Gasteiger partial charge in [-0.2, -0.15) is 0 Å². The van der Waals surface area contributed by atoms with Gasteiger partial charge in [-0.05, 0) is 32.7 Å². The summed E-state index contributed by atoms with van der Waals surface area (Å²) in [6.45, 7) is 13.9. The molecular formula is C21H40N8O. The summed E-state index contributed by atoms with van der Waals surface area (Å²) in [6, 6.07) is 0.471. The molecule has 0 unspecified atom stereocenters. The van der Waals surface area contributed by atoms with E-state index < -0.39 is 0 Å². The molecule has 1 aromatic rings. The Morgan fingerprint density at radius 1 is 1.10 bits per heavy atom. The third-order valence-corrected chi connectivity index (χ3v) is 6.14. The SMILES string of the molecule is CCCCN1CCC(NC(=NCc2nnc(C)n2C)NCCN2CCOCC2)CC1. The van der Waals surface area contributed by atoms with Crippen LogP contribution >= 0.6 is 0 Å². The standard InChI is InChI=1S/C21H40N8O/c1-4-5-9-28-10-6-19(7-11-28)24-21(22-8-12-29-13-15-30-16-14-29)23-17-20-26-25-18(2)27(20)3/h19H,4-17H2,1-3H3,(H2,22,23,24). The highest BCUT2D eigenvalue weighted by molar-refractivity contribution is 5.80. The summed E-state index contributed by atoms with van der Waals surface area (Å²) in [5.74, 6) is 2.68. The summed E-state index contributed by atoms with van der Waals surface area (Å²) >= 11 is 0. The van der Waals surface area contributed by atoms with E-state index in [1.54, 1.807) is 0 Å². The average Bonchev–Trinajstić information content (AvgIpc) is 3.09. The van der Waals surface area contributed by atoms with Crippen molar-refractivity contribution in [2.45, 2.75) is 52.1 Å². The molecule has 2 saturated heterocycles. The molecule has 0 aromatic carbocycles. The number of rotatable bonds is 9. The van der Waals surface area contributed by atoms with Gasteiger partial charge in [0.1, 0.15) is 12.4 Å². The van der Waals surface area contributed by atoms with Crippen LogP contribution in [-0.2, 0) is 18.3 Å². The van der Waals surface area contributed by atoms with Gasteiger partial charge in [-0.1, -0.05) is 13.3 Å². The zero-order valence-corrected chi connectivity index (χ0v) is 19.1. The first-order chi connectivity index (χ1) is 14.7. The monoisotopic (exact) mass is 420 g/mol. The first kappa shape index (κ1) is 23.0. The maximum atomic E-state index is 5.44. The Labute approximate surface area is 181 Å². The van der Waals surface area contributed by atoms with Crippen LogP contribution in [0, 0.1) is 6.92 Å². The third kappa shape index (κ3) is 7.21. The van der Waals surface area contributed by atoms with Crippen molar-refractivity contribution in [1.29, 1.82) is 0 Å². The zero-order chi connectivity index (χ0) is 21.2. The first-order valence-corrected chi connectivity index (χ1v) is 11.6. The molecule has 30 heavy (non-hydrogen) atoms. The van der Waals surface area contributed by atoms with Gasteiger partial charge in [0, 0.05) is 52.4 Å². The molecule has 9 nitrogen and oxygen atoms in total. The molecule has 0 amide bonds. The molecule has 0 spiro atoms. The highest BCUT2D eigenvalue weighted by Crippen LogP contribution is 2.11. The third-order valence-electron chi connectivity index (χ3n) is 6.14. The lowest BCUT2D eigenvalue weighted by molar-refractivity contribution is 0.0389. The Morgan fingerprint density at radius 3 is 2.50 bits per heavy atom. The van der Waals surface area contributed by atoms with Gasteiger partial charge in [-0.15, -0.1) is 10.2 Å². The molecule has 2 aliphatic heterocycles. The average molecular weight is 421 g/mol. The minimum Gasteiger partial charge on any atom is -0.379 e. The maximum absolute atomic E-state index is 5.44. The van der Waals surface area contributed by atoms with Crippen molar-refractivity contribution in [2.24, 2.45) is 12.0 Å². The molecule has 1 aromatic heterocycles. The normalized spacial score (nSPS) is 19.9. The number of hydrogen-bond acceptors (Lipinski definition) is 6. The fourth-order valence-electron chi connectivity index (χ4n) is 3.92. The number of likely N-dealkylation sites (tertiary alicyclic amines) is 1. The topological polar surface area (TPSA) is 82.8 Å². The van der Waals surface area contributed by atoms with E-state index in [1.165, 1.54) is 32.5 Å². The smallest absolute Gasteiger partial charge is 0.191 e. The quantitative estimate of drug-likeness (QED) is 0.451. The van der Waals surface area contributed by atoms with Crippen LogP contribution in [-0.4, -0.2) is 95.6 Å². The number of unbranched alkanes of at least 4 members (excludes halogenated alkanes) is 1. The van der Waals surface area contributed by atoms with Crippen LogP contribution in [0.2, 0.25) is 0 Å². The number of ether oxygens (including phenoxy) is 1.